The maximum Gasteiger partial charge on any atom is 0.161 e. The van der Waals surface area contributed by atoms with Crippen LogP contribution < -0.4 is 4.90 Å². The van der Waals surface area contributed by atoms with Gasteiger partial charge in [-0.1, -0.05) is 11.6 Å². The molecule has 0 radical (unpaired) electrons. The maximum absolute atomic E-state index is 11.2. The van der Waals surface area contributed by atoms with E-state index in [1.54, 1.807) is 12.3 Å². The predicted molar refractivity (Wildman–Crippen MR) is 62.3 cm³/mol. The van der Waals surface area contributed by atoms with Crippen molar-refractivity contribution in [1.29, 1.82) is 0 Å². The second-order valence-electron chi connectivity index (χ2n) is 3.69. The van der Waals surface area contributed by atoms with Gasteiger partial charge < -0.3 is 9.64 Å². The van der Waals surface area contributed by atoms with E-state index in [4.69, 9.17) is 16.3 Å². The first-order valence-corrected chi connectivity index (χ1v) is 5.55. The number of nitrogens with zero attached hydrogens (tertiary/aromatic N) is 2. The van der Waals surface area contributed by atoms with Crippen molar-refractivity contribution in [3.63, 3.8) is 0 Å². The average Bonchev–Trinajstić information content (AvgIpc) is 2.30. The Bertz CT molecular complexity index is 403. The zero-order valence-electron chi connectivity index (χ0n) is 9.07. The maximum atomic E-state index is 11.2. The standard InChI is InChI=1S/C11H13ClN2O2/c1-8(15)9-6-10(12)11(13-7-9)14-2-4-16-5-3-14/h6-7H,2-5H2,1H3. The smallest absolute Gasteiger partial charge is 0.161 e. The Kier molecular flexibility index (Phi) is 3.41. The number of pyridine rings is 1. The highest BCUT2D eigenvalue weighted by molar-refractivity contribution is 6.33. The van der Waals surface area contributed by atoms with Gasteiger partial charge in [0.15, 0.2) is 5.78 Å². The summed E-state index contributed by atoms with van der Waals surface area (Å²) in [5.41, 5.74) is 0.544. The summed E-state index contributed by atoms with van der Waals surface area (Å²) < 4.78 is 5.26. The van der Waals surface area contributed by atoms with Crippen LogP contribution in [0.15, 0.2) is 12.3 Å². The Morgan fingerprint density at radius 3 is 2.75 bits per heavy atom. The lowest BCUT2D eigenvalue weighted by Crippen LogP contribution is -2.37. The Labute approximate surface area is 99.2 Å². The molecular formula is C11H13ClN2O2. The van der Waals surface area contributed by atoms with Crippen LogP contribution in [0, 0.1) is 0 Å². The molecule has 16 heavy (non-hydrogen) atoms. The van der Waals surface area contributed by atoms with Gasteiger partial charge in [-0.05, 0) is 13.0 Å². The van der Waals surface area contributed by atoms with Crippen LogP contribution in [0.25, 0.3) is 0 Å². The first kappa shape index (κ1) is 11.4. The highest BCUT2D eigenvalue weighted by atomic mass is 35.5. The van der Waals surface area contributed by atoms with E-state index in [0.29, 0.717) is 23.8 Å². The van der Waals surface area contributed by atoms with Crippen molar-refractivity contribution in [1.82, 2.24) is 4.98 Å². The van der Waals surface area contributed by atoms with Crippen LogP contribution >= 0.6 is 11.6 Å². The molecule has 0 saturated carbocycles. The van der Waals surface area contributed by atoms with Gasteiger partial charge in [-0.15, -0.1) is 0 Å². The van der Waals surface area contributed by atoms with Crippen molar-refractivity contribution in [2.24, 2.45) is 0 Å². The Balaban J connectivity index is 2.24. The SMILES string of the molecule is CC(=O)c1cnc(N2CCOCC2)c(Cl)c1. The van der Waals surface area contributed by atoms with E-state index in [1.165, 1.54) is 6.92 Å². The van der Waals surface area contributed by atoms with Crippen molar-refractivity contribution in [2.75, 3.05) is 31.2 Å². The van der Waals surface area contributed by atoms with Crippen molar-refractivity contribution in [2.45, 2.75) is 6.92 Å². The van der Waals surface area contributed by atoms with Crippen LogP contribution in [-0.2, 0) is 4.74 Å². The fraction of sp³-hybridized carbons (Fsp3) is 0.455. The molecule has 0 N–H and O–H groups in total. The van der Waals surface area contributed by atoms with Gasteiger partial charge >= 0.3 is 0 Å². The Morgan fingerprint density at radius 1 is 1.50 bits per heavy atom. The lowest BCUT2D eigenvalue weighted by Gasteiger charge is -2.28. The lowest BCUT2D eigenvalue weighted by molar-refractivity contribution is 0.101. The molecule has 0 aromatic carbocycles. The summed E-state index contributed by atoms with van der Waals surface area (Å²) in [6, 6.07) is 1.67. The number of hydrogen-bond acceptors (Lipinski definition) is 4. The van der Waals surface area contributed by atoms with Crippen LogP contribution in [0.5, 0.6) is 0 Å². The van der Waals surface area contributed by atoms with Crippen LogP contribution in [0.2, 0.25) is 5.02 Å². The molecule has 0 amide bonds. The molecular weight excluding hydrogens is 228 g/mol. The second-order valence-corrected chi connectivity index (χ2v) is 4.09. The Morgan fingerprint density at radius 2 is 2.19 bits per heavy atom. The van der Waals surface area contributed by atoms with Crippen molar-refractivity contribution in [3.05, 3.63) is 22.8 Å². The number of anilines is 1. The highest BCUT2D eigenvalue weighted by Crippen LogP contribution is 2.24. The number of morpholine rings is 1. The highest BCUT2D eigenvalue weighted by Gasteiger charge is 2.16. The number of carbonyl (C=O) groups is 1. The number of rotatable bonds is 2. The zero-order valence-corrected chi connectivity index (χ0v) is 9.83. The van der Waals surface area contributed by atoms with E-state index < -0.39 is 0 Å². The number of hydrogen-bond donors (Lipinski definition) is 0. The molecule has 0 unspecified atom stereocenters. The third-order valence-electron chi connectivity index (χ3n) is 2.54. The lowest BCUT2D eigenvalue weighted by atomic mass is 10.2. The number of Topliss-reactive ketones (excluding diaryl/α,β-unsaturated/α-hetero) is 1. The number of aromatic nitrogens is 1. The van der Waals surface area contributed by atoms with E-state index in [1.807, 2.05) is 0 Å². The summed E-state index contributed by atoms with van der Waals surface area (Å²) in [6.07, 6.45) is 1.57. The summed E-state index contributed by atoms with van der Waals surface area (Å²) in [5.74, 6) is 0.706. The quantitative estimate of drug-likeness (QED) is 0.739. The number of halogens is 1. The molecule has 0 spiro atoms. The number of carbonyl (C=O) groups excluding carboxylic acids is 1. The molecule has 0 bridgehead atoms. The number of ketones is 1. The predicted octanol–water partition coefficient (Wildman–Crippen LogP) is 1.77. The van der Waals surface area contributed by atoms with Crippen molar-refractivity contribution < 1.29 is 9.53 Å². The Hall–Kier alpha value is -1.13. The van der Waals surface area contributed by atoms with Gasteiger partial charge in [-0.2, -0.15) is 0 Å². The minimum atomic E-state index is -0.0251. The molecule has 0 atom stereocenters. The fourth-order valence-electron chi connectivity index (χ4n) is 1.63. The summed E-state index contributed by atoms with van der Waals surface area (Å²) in [4.78, 5) is 17.5. The molecule has 2 heterocycles. The van der Waals surface area contributed by atoms with Gasteiger partial charge in [0.1, 0.15) is 5.82 Å². The molecule has 4 nitrogen and oxygen atoms in total. The molecule has 1 aliphatic heterocycles. The van der Waals surface area contributed by atoms with Gasteiger partial charge in [0.25, 0.3) is 0 Å². The van der Waals surface area contributed by atoms with E-state index >= 15 is 0 Å². The van der Waals surface area contributed by atoms with Crippen LogP contribution in [-0.4, -0.2) is 37.1 Å². The van der Waals surface area contributed by atoms with E-state index in [2.05, 4.69) is 9.88 Å². The molecule has 86 valence electrons. The third-order valence-corrected chi connectivity index (χ3v) is 2.82. The zero-order chi connectivity index (χ0) is 11.5. The van der Waals surface area contributed by atoms with Gasteiger partial charge in [0.05, 0.1) is 18.2 Å². The van der Waals surface area contributed by atoms with Gasteiger partial charge in [0, 0.05) is 24.8 Å². The van der Waals surface area contributed by atoms with E-state index in [9.17, 15) is 4.79 Å². The molecule has 5 heteroatoms. The molecule has 0 aliphatic carbocycles. The molecule has 2 rings (SSSR count). The van der Waals surface area contributed by atoms with Crippen LogP contribution in [0.4, 0.5) is 5.82 Å². The molecule has 1 aliphatic rings. The fourth-order valence-corrected chi connectivity index (χ4v) is 1.92. The summed E-state index contributed by atoms with van der Waals surface area (Å²) >= 11 is 6.11. The summed E-state index contributed by atoms with van der Waals surface area (Å²) in [6.45, 7) is 4.44. The van der Waals surface area contributed by atoms with Crippen LogP contribution in [0.1, 0.15) is 17.3 Å². The van der Waals surface area contributed by atoms with Gasteiger partial charge in [-0.25, -0.2) is 4.98 Å². The first-order chi connectivity index (χ1) is 7.68. The molecule has 1 aromatic rings. The summed E-state index contributed by atoms with van der Waals surface area (Å²) in [5, 5.41) is 0.523. The molecule has 1 fully saturated rings. The molecule has 1 saturated heterocycles. The number of ether oxygens (including phenoxy) is 1. The minimum absolute atomic E-state index is 0.0251. The van der Waals surface area contributed by atoms with Gasteiger partial charge in [-0.3, -0.25) is 4.79 Å². The largest absolute Gasteiger partial charge is 0.378 e. The van der Waals surface area contributed by atoms with E-state index in [-0.39, 0.29) is 5.78 Å². The van der Waals surface area contributed by atoms with Crippen molar-refractivity contribution >= 4 is 23.2 Å². The second kappa shape index (κ2) is 4.80. The third kappa shape index (κ3) is 2.33. The van der Waals surface area contributed by atoms with Crippen molar-refractivity contribution in [3.8, 4) is 0 Å². The minimum Gasteiger partial charge on any atom is -0.378 e. The topological polar surface area (TPSA) is 42.4 Å². The first-order valence-electron chi connectivity index (χ1n) is 5.17. The molecule has 1 aromatic heterocycles. The average molecular weight is 241 g/mol. The monoisotopic (exact) mass is 240 g/mol. The van der Waals surface area contributed by atoms with E-state index in [0.717, 1.165) is 18.9 Å². The normalized spacial score (nSPS) is 16.2. The van der Waals surface area contributed by atoms with Crippen LogP contribution in [0.3, 0.4) is 0 Å². The summed E-state index contributed by atoms with van der Waals surface area (Å²) in [7, 11) is 0. The van der Waals surface area contributed by atoms with Gasteiger partial charge in [0.2, 0.25) is 0 Å².